The van der Waals surface area contributed by atoms with Crippen molar-refractivity contribution in [3.05, 3.63) is 39.4 Å². The molecule has 144 valence electrons. The van der Waals surface area contributed by atoms with Gasteiger partial charge in [0.15, 0.2) is 11.2 Å². The van der Waals surface area contributed by atoms with Crippen LogP contribution in [0.15, 0.2) is 32.6 Å². The smallest absolute Gasteiger partial charge is 0.332 e. The van der Waals surface area contributed by atoms with Gasteiger partial charge in [-0.15, -0.1) is 5.10 Å². The lowest BCUT2D eigenvalue weighted by atomic mass is 10.4. The van der Waals surface area contributed by atoms with Gasteiger partial charge in [-0.05, 0) is 6.07 Å². The molecule has 0 aromatic carbocycles. The van der Waals surface area contributed by atoms with Crippen molar-refractivity contribution >= 4 is 23.1 Å². The molecule has 0 atom stereocenters. The minimum Gasteiger partial charge on any atom is -0.401 e. The molecule has 0 saturated carbocycles. The highest BCUT2D eigenvalue weighted by atomic mass is 16.4. The van der Waals surface area contributed by atoms with Crippen LogP contribution in [0.4, 0.5) is 6.01 Å². The van der Waals surface area contributed by atoms with Crippen molar-refractivity contribution in [2.24, 2.45) is 21.1 Å². The van der Waals surface area contributed by atoms with Gasteiger partial charge < -0.3 is 8.98 Å². The van der Waals surface area contributed by atoms with E-state index in [1.165, 1.54) is 29.6 Å². The first kappa shape index (κ1) is 17.4. The van der Waals surface area contributed by atoms with Crippen molar-refractivity contribution in [2.75, 3.05) is 5.32 Å². The Labute approximate surface area is 155 Å². The number of imidazole rings is 1. The van der Waals surface area contributed by atoms with Crippen LogP contribution in [0.25, 0.3) is 22.7 Å². The van der Waals surface area contributed by atoms with Crippen LogP contribution in [-0.2, 0) is 32.5 Å². The maximum Gasteiger partial charge on any atom is 0.332 e. The molecule has 0 aliphatic heterocycles. The summed E-state index contributed by atoms with van der Waals surface area (Å²) < 4.78 is 10.5. The molecule has 1 N–H and O–H groups in total. The molecule has 0 spiro atoms. The van der Waals surface area contributed by atoms with Crippen molar-refractivity contribution in [2.45, 2.75) is 6.54 Å². The van der Waals surface area contributed by atoms with Gasteiger partial charge in [-0.25, -0.2) is 9.78 Å². The Kier molecular flexibility index (Phi) is 3.91. The van der Waals surface area contributed by atoms with Crippen LogP contribution < -0.4 is 16.6 Å². The summed E-state index contributed by atoms with van der Waals surface area (Å²) in [6.45, 7) is -0.231. The van der Waals surface area contributed by atoms with Gasteiger partial charge >= 0.3 is 11.7 Å². The monoisotopic (exact) mass is 385 g/mol. The topological polar surface area (TPSA) is 148 Å². The first-order valence-corrected chi connectivity index (χ1v) is 8.09. The van der Waals surface area contributed by atoms with E-state index in [4.69, 9.17) is 4.42 Å². The summed E-state index contributed by atoms with van der Waals surface area (Å²) >= 11 is 0. The maximum absolute atomic E-state index is 12.4. The standard InChI is InChI=1S/C15H15N9O4/c1-21-5-4-8(20-21)12-18-19-14(28-12)17-9(25)6-24-7-16-11-10(24)13(26)23(3)15(27)22(11)2/h4-5,7H,6H2,1-3H3,(H,17,19,25). The molecule has 4 aromatic rings. The summed E-state index contributed by atoms with van der Waals surface area (Å²) in [5, 5.41) is 14.2. The molecule has 4 heterocycles. The van der Waals surface area contributed by atoms with Gasteiger partial charge in [0.1, 0.15) is 12.2 Å². The van der Waals surface area contributed by atoms with Gasteiger partial charge in [-0.3, -0.25) is 28.7 Å². The van der Waals surface area contributed by atoms with E-state index < -0.39 is 17.2 Å². The molecule has 0 unspecified atom stereocenters. The molecule has 0 bridgehead atoms. The Balaban J connectivity index is 1.57. The Bertz CT molecular complexity index is 1320. The normalized spacial score (nSPS) is 11.2. The number of rotatable bonds is 4. The summed E-state index contributed by atoms with van der Waals surface area (Å²) in [5.41, 5.74) is -0.241. The number of anilines is 1. The number of nitrogens with one attached hydrogen (secondary N) is 1. The summed E-state index contributed by atoms with van der Waals surface area (Å²) in [4.78, 5) is 40.7. The average Bonchev–Trinajstić information content (AvgIpc) is 3.38. The molecule has 28 heavy (non-hydrogen) atoms. The average molecular weight is 385 g/mol. The third kappa shape index (κ3) is 2.78. The van der Waals surface area contributed by atoms with E-state index in [2.05, 4.69) is 25.6 Å². The van der Waals surface area contributed by atoms with Gasteiger partial charge in [-0.2, -0.15) is 5.10 Å². The lowest BCUT2D eigenvalue weighted by Gasteiger charge is -2.06. The Morgan fingerprint density at radius 3 is 2.68 bits per heavy atom. The van der Waals surface area contributed by atoms with Gasteiger partial charge in [0.25, 0.3) is 11.4 Å². The zero-order chi connectivity index (χ0) is 20.0. The summed E-state index contributed by atoms with van der Waals surface area (Å²) in [7, 11) is 4.61. The van der Waals surface area contributed by atoms with E-state index in [1.54, 1.807) is 24.0 Å². The van der Waals surface area contributed by atoms with Gasteiger partial charge in [0.2, 0.25) is 5.91 Å². The quantitative estimate of drug-likeness (QED) is 0.463. The molecule has 1 amide bonds. The molecular weight excluding hydrogens is 370 g/mol. The molecule has 0 saturated heterocycles. The maximum atomic E-state index is 12.4. The number of hydrogen-bond donors (Lipinski definition) is 1. The van der Waals surface area contributed by atoms with Gasteiger partial charge in [0, 0.05) is 27.3 Å². The molecule has 13 heteroatoms. The fraction of sp³-hybridized carbons (Fsp3) is 0.267. The second kappa shape index (κ2) is 6.29. The van der Waals surface area contributed by atoms with Crippen LogP contribution in [-0.4, -0.2) is 44.6 Å². The predicted molar refractivity (Wildman–Crippen MR) is 95.3 cm³/mol. The highest BCUT2D eigenvalue weighted by Crippen LogP contribution is 2.17. The van der Waals surface area contributed by atoms with Crippen LogP contribution in [0, 0.1) is 0 Å². The Hall–Kier alpha value is -4.03. The van der Waals surface area contributed by atoms with Crippen LogP contribution in [0.1, 0.15) is 0 Å². The van der Waals surface area contributed by atoms with E-state index in [9.17, 15) is 14.4 Å². The number of aromatic nitrogens is 8. The third-order valence-corrected chi connectivity index (χ3v) is 4.14. The second-order valence-corrected chi connectivity index (χ2v) is 6.09. The number of aryl methyl sites for hydroxylation is 2. The molecule has 0 aliphatic carbocycles. The third-order valence-electron chi connectivity index (χ3n) is 4.14. The summed E-state index contributed by atoms with van der Waals surface area (Å²) in [6, 6.07) is 1.59. The van der Waals surface area contributed by atoms with Crippen LogP contribution in [0.5, 0.6) is 0 Å². The second-order valence-electron chi connectivity index (χ2n) is 6.09. The largest absolute Gasteiger partial charge is 0.401 e. The number of carbonyl (C=O) groups is 1. The fourth-order valence-electron chi connectivity index (χ4n) is 2.74. The highest BCUT2D eigenvalue weighted by molar-refractivity contribution is 5.89. The van der Waals surface area contributed by atoms with E-state index >= 15 is 0 Å². The zero-order valence-corrected chi connectivity index (χ0v) is 15.1. The van der Waals surface area contributed by atoms with Crippen molar-refractivity contribution in [3.8, 4) is 11.6 Å². The number of hydrogen-bond acceptors (Lipinski definition) is 8. The van der Waals surface area contributed by atoms with Crippen molar-refractivity contribution < 1.29 is 9.21 Å². The zero-order valence-electron chi connectivity index (χ0n) is 15.1. The molecule has 0 radical (unpaired) electrons. The van der Waals surface area contributed by atoms with Crippen LogP contribution in [0.2, 0.25) is 0 Å². The molecule has 4 aromatic heterocycles. The summed E-state index contributed by atoms with van der Waals surface area (Å²) in [5.74, 6) is -0.348. The number of nitrogens with zero attached hydrogens (tertiary/aromatic N) is 8. The first-order chi connectivity index (χ1) is 13.3. The van der Waals surface area contributed by atoms with E-state index in [-0.39, 0.29) is 29.6 Å². The highest BCUT2D eigenvalue weighted by Gasteiger charge is 2.17. The van der Waals surface area contributed by atoms with Crippen molar-refractivity contribution in [1.29, 1.82) is 0 Å². The van der Waals surface area contributed by atoms with Crippen molar-refractivity contribution in [3.63, 3.8) is 0 Å². The number of amides is 1. The van der Waals surface area contributed by atoms with Crippen molar-refractivity contribution in [1.82, 2.24) is 38.7 Å². The van der Waals surface area contributed by atoms with Gasteiger partial charge in [-0.1, -0.05) is 5.10 Å². The van der Waals surface area contributed by atoms with Crippen LogP contribution >= 0.6 is 0 Å². The molecule has 0 fully saturated rings. The molecule has 4 rings (SSSR count). The van der Waals surface area contributed by atoms with E-state index in [0.717, 1.165) is 4.57 Å². The number of fused-ring (bicyclic) bond motifs is 1. The molecule has 0 aliphatic rings. The molecule has 13 nitrogen and oxygen atoms in total. The van der Waals surface area contributed by atoms with Gasteiger partial charge in [0.05, 0.1) is 6.33 Å². The first-order valence-electron chi connectivity index (χ1n) is 8.09. The minimum absolute atomic E-state index is 0.102. The predicted octanol–water partition coefficient (Wildman–Crippen LogP) is -1.14. The summed E-state index contributed by atoms with van der Waals surface area (Å²) in [6.07, 6.45) is 3.04. The fourth-order valence-corrected chi connectivity index (χ4v) is 2.74. The van der Waals surface area contributed by atoms with E-state index in [0.29, 0.717) is 5.69 Å². The lowest BCUT2D eigenvalue weighted by Crippen LogP contribution is -2.37. The number of carbonyl (C=O) groups excluding carboxylic acids is 1. The minimum atomic E-state index is -0.543. The Morgan fingerprint density at radius 2 is 1.96 bits per heavy atom. The Morgan fingerprint density at radius 1 is 1.18 bits per heavy atom. The SMILES string of the molecule is Cn1ccc(-c2nnc(NC(=O)Cn3cnc4c3c(=O)n(C)c(=O)n4C)o2)n1. The molecular formula is C15H15N9O4. The lowest BCUT2D eigenvalue weighted by molar-refractivity contribution is -0.116. The van der Waals surface area contributed by atoms with E-state index in [1.807, 2.05) is 0 Å². The van der Waals surface area contributed by atoms with Crippen LogP contribution in [0.3, 0.4) is 0 Å².